The first-order valence-corrected chi connectivity index (χ1v) is 6.64. The van der Waals surface area contributed by atoms with Crippen LogP contribution in [0, 0.1) is 5.41 Å². The lowest BCUT2D eigenvalue weighted by atomic mass is 10.0. The Bertz CT molecular complexity index is 535. The van der Waals surface area contributed by atoms with Crippen LogP contribution in [0.1, 0.15) is 25.0 Å². The molecule has 3 N–H and O–H groups in total. The van der Waals surface area contributed by atoms with Crippen molar-refractivity contribution >= 4 is 11.5 Å². The highest BCUT2D eigenvalue weighted by molar-refractivity contribution is 5.97. The molecule has 0 aliphatic carbocycles. The van der Waals surface area contributed by atoms with Gasteiger partial charge >= 0.3 is 6.18 Å². The largest absolute Gasteiger partial charge is 0.417 e. The van der Waals surface area contributed by atoms with Crippen molar-refractivity contribution < 1.29 is 17.9 Å². The predicted octanol–water partition coefficient (Wildman–Crippen LogP) is 2.60. The summed E-state index contributed by atoms with van der Waals surface area (Å²) in [4.78, 5) is 1.95. The standard InChI is InChI=1S/C14H18F3N3O/c1-8-6-20(7-9(2)21-8)10-3-4-12(14(15,16)17)11(5-10)13(18)19/h3-5,8-9H,6-7H2,1-2H3,(H3,18,19). The minimum Gasteiger partial charge on any atom is -0.384 e. The Balaban J connectivity index is 2.38. The number of benzene rings is 1. The number of halogens is 3. The zero-order valence-corrected chi connectivity index (χ0v) is 11.9. The Morgan fingerprint density at radius 1 is 1.29 bits per heavy atom. The van der Waals surface area contributed by atoms with Crippen LogP contribution in [0.2, 0.25) is 0 Å². The number of morpholine rings is 1. The third-order valence-electron chi connectivity index (χ3n) is 3.38. The van der Waals surface area contributed by atoms with Gasteiger partial charge in [-0.15, -0.1) is 0 Å². The third kappa shape index (κ3) is 3.47. The minimum atomic E-state index is -4.52. The number of alkyl halides is 3. The van der Waals surface area contributed by atoms with E-state index in [9.17, 15) is 13.2 Å². The highest BCUT2D eigenvalue weighted by Gasteiger charge is 2.34. The normalized spacial score (nSPS) is 23.2. The molecule has 1 aliphatic heterocycles. The van der Waals surface area contributed by atoms with E-state index in [0.717, 1.165) is 6.07 Å². The lowest BCUT2D eigenvalue weighted by Gasteiger charge is -2.37. The Morgan fingerprint density at radius 3 is 2.33 bits per heavy atom. The molecular formula is C14H18F3N3O. The van der Waals surface area contributed by atoms with Gasteiger partial charge in [0.15, 0.2) is 0 Å². The molecule has 0 aromatic heterocycles. The quantitative estimate of drug-likeness (QED) is 0.652. The van der Waals surface area contributed by atoms with Crippen LogP contribution in [0.25, 0.3) is 0 Å². The molecule has 7 heteroatoms. The van der Waals surface area contributed by atoms with Gasteiger partial charge in [-0.2, -0.15) is 13.2 Å². The zero-order valence-electron chi connectivity index (χ0n) is 11.9. The molecule has 0 saturated carbocycles. The molecule has 1 aliphatic rings. The molecule has 2 rings (SSSR count). The molecule has 0 spiro atoms. The maximum atomic E-state index is 12.9. The molecule has 1 aromatic rings. The number of nitrogens with one attached hydrogen (secondary N) is 1. The summed E-state index contributed by atoms with van der Waals surface area (Å²) in [5.41, 5.74) is 4.76. The second-order valence-corrected chi connectivity index (χ2v) is 5.30. The van der Waals surface area contributed by atoms with Crippen LogP contribution in [-0.4, -0.2) is 31.1 Å². The summed E-state index contributed by atoms with van der Waals surface area (Å²) < 4.78 is 44.4. The number of ether oxygens (including phenoxy) is 1. The fraction of sp³-hybridized carbons (Fsp3) is 0.500. The van der Waals surface area contributed by atoms with Crippen molar-refractivity contribution in [2.45, 2.75) is 32.2 Å². The molecule has 0 bridgehead atoms. The Morgan fingerprint density at radius 2 is 1.86 bits per heavy atom. The second-order valence-electron chi connectivity index (χ2n) is 5.30. The smallest absolute Gasteiger partial charge is 0.384 e. The summed E-state index contributed by atoms with van der Waals surface area (Å²) in [7, 11) is 0. The number of anilines is 1. The summed E-state index contributed by atoms with van der Waals surface area (Å²) in [5, 5.41) is 7.38. The first-order valence-electron chi connectivity index (χ1n) is 6.64. The van der Waals surface area contributed by atoms with Gasteiger partial charge in [-0.1, -0.05) is 0 Å². The van der Waals surface area contributed by atoms with E-state index in [1.165, 1.54) is 12.1 Å². The van der Waals surface area contributed by atoms with Crippen molar-refractivity contribution in [1.82, 2.24) is 0 Å². The average Bonchev–Trinajstić information content (AvgIpc) is 2.35. The lowest BCUT2D eigenvalue weighted by molar-refractivity contribution is -0.137. The van der Waals surface area contributed by atoms with Crippen molar-refractivity contribution in [2.75, 3.05) is 18.0 Å². The van der Waals surface area contributed by atoms with Crippen LogP contribution in [0.15, 0.2) is 18.2 Å². The van der Waals surface area contributed by atoms with E-state index in [4.69, 9.17) is 15.9 Å². The molecule has 4 nitrogen and oxygen atoms in total. The van der Waals surface area contributed by atoms with Crippen LogP contribution >= 0.6 is 0 Å². The van der Waals surface area contributed by atoms with E-state index < -0.39 is 17.6 Å². The number of hydrogen-bond donors (Lipinski definition) is 2. The molecule has 1 saturated heterocycles. The summed E-state index contributed by atoms with van der Waals surface area (Å²) in [6, 6.07) is 3.73. The van der Waals surface area contributed by atoms with Crippen LogP contribution in [0.5, 0.6) is 0 Å². The van der Waals surface area contributed by atoms with Gasteiger partial charge in [0.2, 0.25) is 0 Å². The number of nitrogens with zero attached hydrogens (tertiary/aromatic N) is 1. The van der Waals surface area contributed by atoms with Crippen LogP contribution in [0.3, 0.4) is 0 Å². The molecule has 2 atom stereocenters. The second kappa shape index (κ2) is 5.55. The fourth-order valence-electron chi connectivity index (χ4n) is 2.59. The molecule has 116 valence electrons. The minimum absolute atomic E-state index is 0.00294. The van der Waals surface area contributed by atoms with Gasteiger partial charge in [0.05, 0.1) is 17.8 Å². The number of rotatable bonds is 2. The fourth-order valence-corrected chi connectivity index (χ4v) is 2.59. The van der Waals surface area contributed by atoms with E-state index in [1.54, 1.807) is 0 Å². The van der Waals surface area contributed by atoms with Crippen molar-refractivity contribution in [3.63, 3.8) is 0 Å². The Kier molecular flexibility index (Phi) is 4.13. The maximum absolute atomic E-state index is 12.9. The SMILES string of the molecule is CC1CN(c2ccc(C(F)(F)F)c(C(=N)N)c2)CC(C)O1. The molecule has 0 radical (unpaired) electrons. The van der Waals surface area contributed by atoms with Crippen LogP contribution in [0.4, 0.5) is 18.9 Å². The van der Waals surface area contributed by atoms with E-state index in [-0.39, 0.29) is 17.8 Å². The van der Waals surface area contributed by atoms with Gasteiger partial charge in [-0.3, -0.25) is 5.41 Å². The molecule has 0 amide bonds. The number of amidine groups is 1. The van der Waals surface area contributed by atoms with Crippen molar-refractivity contribution in [1.29, 1.82) is 5.41 Å². The molecular weight excluding hydrogens is 283 g/mol. The summed E-state index contributed by atoms with van der Waals surface area (Å²) in [6.45, 7) is 5.01. The molecule has 1 heterocycles. The first-order chi connectivity index (χ1) is 9.68. The summed E-state index contributed by atoms with van der Waals surface area (Å²) in [6.07, 6.45) is -4.53. The maximum Gasteiger partial charge on any atom is 0.417 e. The van der Waals surface area contributed by atoms with Crippen molar-refractivity contribution in [3.8, 4) is 0 Å². The van der Waals surface area contributed by atoms with E-state index in [0.29, 0.717) is 18.8 Å². The van der Waals surface area contributed by atoms with Crippen LogP contribution in [-0.2, 0) is 10.9 Å². The van der Waals surface area contributed by atoms with Gasteiger partial charge in [0.25, 0.3) is 0 Å². The third-order valence-corrected chi connectivity index (χ3v) is 3.38. The van der Waals surface area contributed by atoms with Gasteiger partial charge in [0, 0.05) is 24.3 Å². The lowest BCUT2D eigenvalue weighted by Crippen LogP contribution is -2.45. The van der Waals surface area contributed by atoms with Crippen molar-refractivity contribution in [2.24, 2.45) is 5.73 Å². The number of nitrogen functional groups attached to an aromatic ring is 1. The van der Waals surface area contributed by atoms with Gasteiger partial charge < -0.3 is 15.4 Å². The van der Waals surface area contributed by atoms with E-state index in [1.807, 2.05) is 18.7 Å². The average molecular weight is 301 g/mol. The monoisotopic (exact) mass is 301 g/mol. The summed E-state index contributed by atoms with van der Waals surface area (Å²) >= 11 is 0. The van der Waals surface area contributed by atoms with Crippen molar-refractivity contribution in [3.05, 3.63) is 29.3 Å². The number of hydrogen-bond acceptors (Lipinski definition) is 3. The summed E-state index contributed by atoms with van der Waals surface area (Å²) in [5.74, 6) is -0.585. The zero-order chi connectivity index (χ0) is 15.8. The topological polar surface area (TPSA) is 62.3 Å². The number of nitrogens with two attached hydrogens (primary N) is 1. The highest BCUT2D eigenvalue weighted by atomic mass is 19.4. The Hall–Kier alpha value is -1.76. The molecule has 2 unspecified atom stereocenters. The van der Waals surface area contributed by atoms with Gasteiger partial charge in [-0.25, -0.2) is 0 Å². The van der Waals surface area contributed by atoms with Gasteiger partial charge in [-0.05, 0) is 32.0 Å². The predicted molar refractivity (Wildman–Crippen MR) is 74.7 cm³/mol. The van der Waals surface area contributed by atoms with E-state index >= 15 is 0 Å². The highest BCUT2D eigenvalue weighted by Crippen LogP contribution is 2.34. The van der Waals surface area contributed by atoms with Crippen LogP contribution < -0.4 is 10.6 Å². The molecule has 1 aromatic carbocycles. The van der Waals surface area contributed by atoms with Gasteiger partial charge in [0.1, 0.15) is 5.84 Å². The molecule has 1 fully saturated rings. The molecule has 21 heavy (non-hydrogen) atoms. The van der Waals surface area contributed by atoms with E-state index in [2.05, 4.69) is 0 Å². The Labute approximate surface area is 121 Å². The first kappa shape index (κ1) is 15.6.